The lowest BCUT2D eigenvalue weighted by Gasteiger charge is -2.04. The first-order valence-corrected chi connectivity index (χ1v) is 7.17. The minimum absolute atomic E-state index is 0.103. The van der Waals surface area contributed by atoms with Crippen LogP contribution in [0, 0.1) is 16.7 Å². The van der Waals surface area contributed by atoms with Gasteiger partial charge in [0.1, 0.15) is 0 Å². The Morgan fingerprint density at radius 2 is 2.05 bits per heavy atom. The van der Waals surface area contributed by atoms with Gasteiger partial charge in [0.2, 0.25) is 0 Å². The third-order valence-electron chi connectivity index (χ3n) is 3.22. The first kappa shape index (κ1) is 13.3. The van der Waals surface area contributed by atoms with E-state index in [0.29, 0.717) is 15.9 Å². The van der Waals surface area contributed by atoms with Gasteiger partial charge in [-0.15, -0.1) is 0 Å². The number of aromatic nitrogens is 1. The summed E-state index contributed by atoms with van der Waals surface area (Å²) in [7, 11) is 0. The van der Waals surface area contributed by atoms with Crippen LogP contribution >= 0.6 is 11.3 Å². The predicted molar refractivity (Wildman–Crippen MR) is 81.2 cm³/mol. The molecule has 0 aliphatic rings. The van der Waals surface area contributed by atoms with Crippen molar-refractivity contribution in [3.05, 3.63) is 64.5 Å². The van der Waals surface area contributed by atoms with Crippen LogP contribution in [-0.4, -0.2) is 10.4 Å². The maximum absolute atomic E-state index is 12.4. The predicted octanol–water partition coefficient (Wildman–Crippen LogP) is 2.94. The minimum atomic E-state index is -0.103. The highest BCUT2D eigenvalue weighted by Crippen LogP contribution is 2.17. The SMILES string of the molecule is N#Cc1cccc(C(=O)Cn2c(=N)sc3ccccc32)c1. The highest BCUT2D eigenvalue weighted by atomic mass is 32.1. The molecule has 3 rings (SSSR count). The van der Waals surface area contributed by atoms with Gasteiger partial charge >= 0.3 is 0 Å². The quantitative estimate of drug-likeness (QED) is 0.754. The number of fused-ring (bicyclic) bond motifs is 1. The van der Waals surface area contributed by atoms with Crippen LogP contribution in [0.2, 0.25) is 0 Å². The topological polar surface area (TPSA) is 69.6 Å². The number of nitrogens with one attached hydrogen (secondary N) is 1. The molecule has 1 heterocycles. The molecule has 0 spiro atoms. The van der Waals surface area contributed by atoms with Crippen molar-refractivity contribution in [3.8, 4) is 6.07 Å². The van der Waals surface area contributed by atoms with Crippen LogP contribution in [0.3, 0.4) is 0 Å². The van der Waals surface area contributed by atoms with Crippen LogP contribution in [0.25, 0.3) is 10.2 Å². The number of thiazole rings is 1. The zero-order chi connectivity index (χ0) is 14.8. The number of rotatable bonds is 3. The summed E-state index contributed by atoms with van der Waals surface area (Å²) in [5, 5.41) is 16.9. The zero-order valence-electron chi connectivity index (χ0n) is 11.0. The molecule has 102 valence electrons. The molecule has 5 heteroatoms. The third kappa shape index (κ3) is 2.49. The van der Waals surface area contributed by atoms with Crippen LogP contribution in [0.5, 0.6) is 0 Å². The molecule has 0 atom stereocenters. The Labute approximate surface area is 125 Å². The Hall–Kier alpha value is -2.71. The summed E-state index contributed by atoms with van der Waals surface area (Å²) in [6.07, 6.45) is 0. The molecule has 0 unspecified atom stereocenters. The van der Waals surface area contributed by atoms with Gasteiger partial charge in [0.05, 0.1) is 28.4 Å². The summed E-state index contributed by atoms with van der Waals surface area (Å²) in [6, 6.07) is 16.3. The van der Waals surface area contributed by atoms with E-state index in [1.165, 1.54) is 11.3 Å². The standard InChI is InChI=1S/C16H11N3OS/c17-9-11-4-3-5-12(8-11)14(20)10-19-13-6-1-2-7-15(13)21-16(19)18/h1-8,18H,10H2. The largest absolute Gasteiger partial charge is 0.309 e. The summed E-state index contributed by atoms with van der Waals surface area (Å²) in [4.78, 5) is 12.7. The molecule has 21 heavy (non-hydrogen) atoms. The van der Waals surface area contributed by atoms with Crippen molar-refractivity contribution < 1.29 is 4.79 Å². The molecule has 0 aliphatic carbocycles. The molecule has 0 radical (unpaired) electrons. The third-order valence-corrected chi connectivity index (χ3v) is 4.20. The van der Waals surface area contributed by atoms with Crippen molar-refractivity contribution >= 4 is 27.3 Å². The molecule has 2 aromatic carbocycles. The van der Waals surface area contributed by atoms with Crippen LogP contribution in [-0.2, 0) is 6.54 Å². The van der Waals surface area contributed by atoms with Gasteiger partial charge in [-0.2, -0.15) is 5.26 Å². The second-order valence-electron chi connectivity index (χ2n) is 4.58. The summed E-state index contributed by atoms with van der Waals surface area (Å²) >= 11 is 1.35. The lowest BCUT2D eigenvalue weighted by molar-refractivity contribution is 0.0972. The average Bonchev–Trinajstić information content (AvgIpc) is 2.83. The van der Waals surface area contributed by atoms with Crippen LogP contribution in [0.15, 0.2) is 48.5 Å². The molecule has 0 bridgehead atoms. The maximum Gasteiger partial charge on any atom is 0.183 e. The minimum Gasteiger partial charge on any atom is -0.309 e. The second-order valence-corrected chi connectivity index (χ2v) is 5.61. The lowest BCUT2D eigenvalue weighted by Crippen LogP contribution is -2.19. The number of carbonyl (C=O) groups is 1. The number of hydrogen-bond donors (Lipinski definition) is 1. The Kier molecular flexibility index (Phi) is 3.38. The molecule has 1 aromatic heterocycles. The highest BCUT2D eigenvalue weighted by Gasteiger charge is 2.11. The van der Waals surface area contributed by atoms with E-state index in [1.807, 2.05) is 30.3 Å². The number of ketones is 1. The number of nitriles is 1. The van der Waals surface area contributed by atoms with Gasteiger partial charge in [-0.3, -0.25) is 10.2 Å². The van der Waals surface area contributed by atoms with Crippen molar-refractivity contribution in [1.82, 2.24) is 4.57 Å². The van der Waals surface area contributed by atoms with E-state index in [2.05, 4.69) is 0 Å². The number of nitrogens with zero attached hydrogens (tertiary/aromatic N) is 2. The first-order valence-electron chi connectivity index (χ1n) is 6.35. The van der Waals surface area contributed by atoms with Crippen molar-refractivity contribution in [2.24, 2.45) is 0 Å². The fraction of sp³-hybridized carbons (Fsp3) is 0.0625. The van der Waals surface area contributed by atoms with Gasteiger partial charge < -0.3 is 4.57 Å². The normalized spacial score (nSPS) is 10.4. The van der Waals surface area contributed by atoms with Crippen molar-refractivity contribution in [1.29, 1.82) is 10.7 Å². The lowest BCUT2D eigenvalue weighted by atomic mass is 10.1. The van der Waals surface area contributed by atoms with Gasteiger partial charge in [-0.25, -0.2) is 0 Å². The van der Waals surface area contributed by atoms with E-state index in [1.54, 1.807) is 28.8 Å². The molecule has 1 N–H and O–H groups in total. The number of Topliss-reactive ketones (excluding diaryl/α,β-unsaturated/α-hetero) is 1. The van der Waals surface area contributed by atoms with Gasteiger partial charge in [0.15, 0.2) is 10.6 Å². The summed E-state index contributed by atoms with van der Waals surface area (Å²) in [5.41, 5.74) is 1.85. The number of benzene rings is 2. The molecular formula is C16H11N3OS. The van der Waals surface area contributed by atoms with Gasteiger partial charge in [-0.05, 0) is 24.3 Å². The van der Waals surface area contributed by atoms with Crippen LogP contribution in [0.1, 0.15) is 15.9 Å². The number of carbonyl (C=O) groups excluding carboxylic acids is 1. The van der Waals surface area contributed by atoms with E-state index in [9.17, 15) is 4.79 Å². The smallest absolute Gasteiger partial charge is 0.183 e. The first-order chi connectivity index (χ1) is 10.2. The monoisotopic (exact) mass is 293 g/mol. The maximum atomic E-state index is 12.4. The molecule has 0 fully saturated rings. The van der Waals surface area contributed by atoms with Gasteiger partial charge in [-0.1, -0.05) is 35.6 Å². The molecule has 0 saturated carbocycles. The van der Waals surface area contributed by atoms with E-state index in [4.69, 9.17) is 10.7 Å². The molecule has 0 amide bonds. The van der Waals surface area contributed by atoms with E-state index in [0.717, 1.165) is 10.2 Å². The summed E-state index contributed by atoms with van der Waals surface area (Å²) in [6.45, 7) is 0.109. The molecule has 0 aliphatic heterocycles. The van der Waals surface area contributed by atoms with Crippen LogP contribution < -0.4 is 4.80 Å². The number of hydrogen-bond acceptors (Lipinski definition) is 4. The van der Waals surface area contributed by atoms with Crippen molar-refractivity contribution in [2.45, 2.75) is 6.54 Å². The Morgan fingerprint density at radius 3 is 2.86 bits per heavy atom. The van der Waals surface area contributed by atoms with Crippen molar-refractivity contribution in [3.63, 3.8) is 0 Å². The van der Waals surface area contributed by atoms with E-state index in [-0.39, 0.29) is 12.3 Å². The van der Waals surface area contributed by atoms with Crippen molar-refractivity contribution in [2.75, 3.05) is 0 Å². The summed E-state index contributed by atoms with van der Waals surface area (Å²) < 4.78 is 2.68. The Morgan fingerprint density at radius 1 is 1.24 bits per heavy atom. The highest BCUT2D eigenvalue weighted by molar-refractivity contribution is 7.16. The Bertz CT molecular complexity index is 930. The van der Waals surface area contributed by atoms with E-state index >= 15 is 0 Å². The fourth-order valence-electron chi connectivity index (χ4n) is 2.19. The fourth-order valence-corrected chi connectivity index (χ4v) is 3.10. The van der Waals surface area contributed by atoms with E-state index < -0.39 is 0 Å². The number of para-hydroxylation sites is 1. The van der Waals surface area contributed by atoms with Crippen LogP contribution in [0.4, 0.5) is 0 Å². The second kappa shape index (κ2) is 5.35. The molecule has 4 nitrogen and oxygen atoms in total. The molecule has 0 saturated heterocycles. The molecule has 3 aromatic rings. The summed E-state index contributed by atoms with van der Waals surface area (Å²) in [5.74, 6) is -0.103. The van der Waals surface area contributed by atoms with Gasteiger partial charge in [0.25, 0.3) is 0 Å². The van der Waals surface area contributed by atoms with Gasteiger partial charge in [0, 0.05) is 5.56 Å². The average molecular weight is 293 g/mol. The zero-order valence-corrected chi connectivity index (χ0v) is 11.9. The Balaban J connectivity index is 1.98. The molecular weight excluding hydrogens is 282 g/mol.